The minimum atomic E-state index is -2.06. The third kappa shape index (κ3) is 3.57. The van der Waals surface area contributed by atoms with Crippen LogP contribution in [0.2, 0.25) is 0 Å². The van der Waals surface area contributed by atoms with Crippen LogP contribution in [0.5, 0.6) is 0 Å². The summed E-state index contributed by atoms with van der Waals surface area (Å²) in [6.07, 6.45) is 0. The SMILES string of the molecule is [N-]=[N+]=NN[C@@H](CS)S(=O)O. The maximum absolute atomic E-state index is 10.3. The maximum Gasteiger partial charge on any atom is 0.205 e. The highest BCUT2D eigenvalue weighted by Crippen LogP contribution is 1.91. The molecule has 0 rings (SSSR count). The molecule has 0 heterocycles. The van der Waals surface area contributed by atoms with Crippen LogP contribution in [0, 0.1) is 0 Å². The van der Waals surface area contributed by atoms with Gasteiger partial charge >= 0.3 is 0 Å². The fraction of sp³-hybridized carbons (Fsp3) is 1.00. The molecule has 10 heavy (non-hydrogen) atoms. The molecular formula is C2H6N4O2S2. The number of hydrogen-bond acceptors (Lipinski definition) is 3. The van der Waals surface area contributed by atoms with Gasteiger partial charge in [-0.25, -0.2) is 9.63 Å². The van der Waals surface area contributed by atoms with Crippen molar-refractivity contribution in [1.29, 1.82) is 0 Å². The molecule has 2 N–H and O–H groups in total. The summed E-state index contributed by atoms with van der Waals surface area (Å²) in [5.74, 6) is 0.127. The standard InChI is InChI=1S/C2H6N4O2S2/c3-5-6-4-2(1-9)10(7)8/h2,4,9H,1H2,(H,7,8)/t2-/m1/s1. The van der Waals surface area contributed by atoms with E-state index in [1.807, 2.05) is 0 Å². The summed E-state index contributed by atoms with van der Waals surface area (Å²) < 4.78 is 18.7. The Morgan fingerprint density at radius 1 is 2.00 bits per heavy atom. The molecule has 0 amide bonds. The first kappa shape index (κ1) is 9.57. The molecule has 0 radical (unpaired) electrons. The van der Waals surface area contributed by atoms with Gasteiger partial charge in [-0.05, 0) is 5.22 Å². The molecule has 0 saturated heterocycles. The van der Waals surface area contributed by atoms with Gasteiger partial charge in [-0.2, -0.15) is 17.5 Å². The van der Waals surface area contributed by atoms with Crippen LogP contribution in [0.4, 0.5) is 0 Å². The van der Waals surface area contributed by atoms with Crippen molar-refractivity contribution in [2.24, 2.45) is 5.22 Å². The third-order valence-electron chi connectivity index (χ3n) is 0.656. The lowest BCUT2D eigenvalue weighted by Crippen LogP contribution is -2.30. The molecule has 0 aromatic rings. The molecule has 0 aromatic carbocycles. The predicted octanol–water partition coefficient (Wildman–Crippen LogP) is 0.279. The van der Waals surface area contributed by atoms with Gasteiger partial charge in [0.05, 0.1) is 0 Å². The first-order valence-electron chi connectivity index (χ1n) is 2.22. The summed E-state index contributed by atoms with van der Waals surface area (Å²) in [4.78, 5) is 2.34. The number of rotatable bonds is 4. The van der Waals surface area contributed by atoms with Crippen molar-refractivity contribution in [2.45, 2.75) is 5.37 Å². The van der Waals surface area contributed by atoms with E-state index in [2.05, 4.69) is 28.2 Å². The minimum absolute atomic E-state index is 0.127. The Kier molecular flexibility index (Phi) is 5.13. The Hall–Kier alpha value is -0.430. The van der Waals surface area contributed by atoms with Crippen LogP contribution in [0.1, 0.15) is 0 Å². The largest absolute Gasteiger partial charge is 0.303 e. The molecule has 0 aliphatic carbocycles. The van der Waals surface area contributed by atoms with E-state index in [-0.39, 0.29) is 5.75 Å². The van der Waals surface area contributed by atoms with Gasteiger partial charge in [0.1, 0.15) is 0 Å². The van der Waals surface area contributed by atoms with Crippen molar-refractivity contribution in [3.05, 3.63) is 10.4 Å². The zero-order valence-corrected chi connectivity index (χ0v) is 6.55. The first-order chi connectivity index (χ1) is 4.72. The summed E-state index contributed by atoms with van der Waals surface area (Å²) >= 11 is 1.67. The second-order valence-electron chi connectivity index (χ2n) is 1.27. The van der Waals surface area contributed by atoms with E-state index in [0.717, 1.165) is 0 Å². The zero-order chi connectivity index (χ0) is 7.98. The molecule has 0 saturated carbocycles. The average Bonchev–Trinajstić information content (AvgIpc) is 1.89. The van der Waals surface area contributed by atoms with Gasteiger partial charge in [0.2, 0.25) is 5.37 Å². The minimum Gasteiger partial charge on any atom is -0.303 e. The molecule has 1 unspecified atom stereocenters. The molecule has 2 atom stereocenters. The van der Waals surface area contributed by atoms with Crippen molar-refractivity contribution in [3.8, 4) is 0 Å². The number of hydrogen-bond donors (Lipinski definition) is 3. The Labute approximate surface area is 65.3 Å². The molecule has 0 fully saturated rings. The highest BCUT2D eigenvalue weighted by molar-refractivity contribution is 7.84. The molecule has 0 spiro atoms. The highest BCUT2D eigenvalue weighted by Gasteiger charge is 2.13. The number of azide groups is 1. The smallest absolute Gasteiger partial charge is 0.205 e. The van der Waals surface area contributed by atoms with Crippen molar-refractivity contribution < 1.29 is 8.76 Å². The summed E-state index contributed by atoms with van der Waals surface area (Å²) in [5, 5.41) is 2.09. The summed E-state index contributed by atoms with van der Waals surface area (Å²) in [7, 11) is 0. The predicted molar refractivity (Wildman–Crippen MR) is 40.7 cm³/mol. The topological polar surface area (TPSA) is 98.1 Å². The van der Waals surface area contributed by atoms with Crippen molar-refractivity contribution in [3.63, 3.8) is 0 Å². The van der Waals surface area contributed by atoms with Gasteiger partial charge in [0.15, 0.2) is 11.1 Å². The zero-order valence-electron chi connectivity index (χ0n) is 4.84. The first-order valence-corrected chi connectivity index (χ1v) is 4.02. The molecule has 6 nitrogen and oxygen atoms in total. The molecule has 0 aliphatic rings. The summed E-state index contributed by atoms with van der Waals surface area (Å²) in [6, 6.07) is 0. The number of nitrogens with one attached hydrogen (secondary N) is 1. The van der Waals surface area contributed by atoms with Crippen molar-refractivity contribution in [1.82, 2.24) is 5.43 Å². The fourth-order valence-corrected chi connectivity index (χ4v) is 0.969. The van der Waals surface area contributed by atoms with E-state index in [0.29, 0.717) is 0 Å². The van der Waals surface area contributed by atoms with Gasteiger partial charge < -0.3 is 4.55 Å². The average molecular weight is 182 g/mol. The Morgan fingerprint density at radius 2 is 2.60 bits per heavy atom. The summed E-state index contributed by atoms with van der Waals surface area (Å²) in [5.41, 5.74) is 9.88. The third-order valence-corrected chi connectivity index (χ3v) is 2.03. The van der Waals surface area contributed by atoms with Crippen LogP contribution in [0.3, 0.4) is 0 Å². The second kappa shape index (κ2) is 5.36. The molecule has 0 aliphatic heterocycles. The van der Waals surface area contributed by atoms with Gasteiger partial charge in [-0.15, -0.1) is 5.53 Å². The van der Waals surface area contributed by atoms with Crippen LogP contribution in [-0.2, 0) is 11.1 Å². The lowest BCUT2D eigenvalue weighted by atomic mass is 10.8. The molecule has 58 valence electrons. The van der Waals surface area contributed by atoms with Crippen LogP contribution >= 0.6 is 12.6 Å². The highest BCUT2D eigenvalue weighted by atomic mass is 32.2. The Balaban J connectivity index is 3.82. The quantitative estimate of drug-likeness (QED) is 0.145. The lowest BCUT2D eigenvalue weighted by molar-refractivity contribution is 0.536. The van der Waals surface area contributed by atoms with Crippen molar-refractivity contribution in [2.75, 3.05) is 5.75 Å². The van der Waals surface area contributed by atoms with Crippen LogP contribution in [-0.4, -0.2) is 19.9 Å². The van der Waals surface area contributed by atoms with Crippen LogP contribution < -0.4 is 5.43 Å². The number of thiol groups is 1. The lowest BCUT2D eigenvalue weighted by Gasteiger charge is -2.02. The van der Waals surface area contributed by atoms with E-state index < -0.39 is 16.5 Å². The van der Waals surface area contributed by atoms with Gasteiger partial charge in [-0.1, -0.05) is 0 Å². The van der Waals surface area contributed by atoms with Crippen LogP contribution in [0.25, 0.3) is 10.4 Å². The molecule has 8 heteroatoms. The van der Waals surface area contributed by atoms with E-state index >= 15 is 0 Å². The van der Waals surface area contributed by atoms with E-state index in [4.69, 9.17) is 10.1 Å². The fourth-order valence-electron chi connectivity index (χ4n) is 0.240. The van der Waals surface area contributed by atoms with E-state index in [9.17, 15) is 4.21 Å². The second-order valence-corrected chi connectivity index (χ2v) is 2.75. The van der Waals surface area contributed by atoms with Gasteiger partial charge in [-0.3, -0.25) is 0 Å². The van der Waals surface area contributed by atoms with Gasteiger partial charge in [0, 0.05) is 5.75 Å². The van der Waals surface area contributed by atoms with Gasteiger partial charge in [0.25, 0.3) is 0 Å². The molecule has 0 aromatic heterocycles. The number of nitrogens with zero attached hydrogens (tertiary/aromatic N) is 3. The van der Waals surface area contributed by atoms with E-state index in [1.54, 1.807) is 0 Å². The Morgan fingerprint density at radius 3 is 2.90 bits per heavy atom. The molecular weight excluding hydrogens is 176 g/mol. The summed E-state index contributed by atoms with van der Waals surface area (Å²) in [6.45, 7) is 0. The maximum atomic E-state index is 10.3. The van der Waals surface area contributed by atoms with Crippen LogP contribution in [0.15, 0.2) is 5.22 Å². The normalized spacial score (nSPS) is 15.0. The van der Waals surface area contributed by atoms with E-state index in [1.165, 1.54) is 0 Å². The monoisotopic (exact) mass is 182 g/mol. The van der Waals surface area contributed by atoms with Crippen molar-refractivity contribution >= 4 is 23.7 Å². The molecule has 0 bridgehead atoms. The Bertz CT molecular complexity index is 167.